The van der Waals surface area contributed by atoms with E-state index >= 15 is 0 Å². The lowest BCUT2D eigenvalue weighted by Crippen LogP contribution is -2.43. The molecule has 1 aromatic carbocycles. The van der Waals surface area contributed by atoms with E-state index < -0.39 is 24.0 Å². The summed E-state index contributed by atoms with van der Waals surface area (Å²) in [7, 11) is 1.37. The van der Waals surface area contributed by atoms with Crippen LogP contribution in [0.1, 0.15) is 44.0 Å². The summed E-state index contributed by atoms with van der Waals surface area (Å²) < 4.78 is 16.3. The number of ether oxygens (including phenoxy) is 3. The Morgan fingerprint density at radius 2 is 1.85 bits per heavy atom. The van der Waals surface area contributed by atoms with Crippen molar-refractivity contribution in [1.82, 2.24) is 10.6 Å². The first kappa shape index (κ1) is 21.3. The van der Waals surface area contributed by atoms with E-state index in [9.17, 15) is 14.4 Å². The maximum absolute atomic E-state index is 12.2. The molecule has 0 fully saturated rings. The number of hydrogen-bond acceptors (Lipinski definition) is 6. The third kappa shape index (κ3) is 6.62. The van der Waals surface area contributed by atoms with E-state index in [0.717, 1.165) is 12.8 Å². The second-order valence-electron chi connectivity index (χ2n) is 5.41. The van der Waals surface area contributed by atoms with Crippen LogP contribution in [0.5, 0.6) is 11.5 Å². The zero-order valence-electron chi connectivity index (χ0n) is 15.6. The summed E-state index contributed by atoms with van der Waals surface area (Å²) in [4.78, 5) is 35.1. The molecule has 0 aliphatic rings. The largest absolute Gasteiger partial charge is 0.490 e. The lowest BCUT2D eigenvalue weighted by Gasteiger charge is -2.15. The molecule has 8 heteroatoms. The van der Waals surface area contributed by atoms with Gasteiger partial charge in [-0.2, -0.15) is 0 Å². The highest BCUT2D eigenvalue weighted by Crippen LogP contribution is 2.29. The minimum Gasteiger partial charge on any atom is -0.490 e. The van der Waals surface area contributed by atoms with Crippen molar-refractivity contribution in [2.45, 2.75) is 39.7 Å². The number of unbranched alkanes of at least 4 members (excludes halogenated alkanes) is 1. The fourth-order valence-corrected chi connectivity index (χ4v) is 1.91. The van der Waals surface area contributed by atoms with Gasteiger partial charge in [0, 0.05) is 7.05 Å². The highest BCUT2D eigenvalue weighted by molar-refractivity contribution is 5.98. The number of hydrogen-bond donors (Lipinski definition) is 2. The average molecular weight is 366 g/mol. The highest BCUT2D eigenvalue weighted by Gasteiger charge is 2.21. The Balaban J connectivity index is 2.80. The predicted octanol–water partition coefficient (Wildman–Crippen LogP) is 2.27. The van der Waals surface area contributed by atoms with Crippen molar-refractivity contribution >= 4 is 17.9 Å². The lowest BCUT2D eigenvalue weighted by atomic mass is 10.2. The number of esters is 1. The van der Waals surface area contributed by atoms with Gasteiger partial charge in [0.05, 0.1) is 18.8 Å². The summed E-state index contributed by atoms with van der Waals surface area (Å²) in [6, 6.07) is 4.00. The maximum Gasteiger partial charge on any atom is 0.339 e. The van der Waals surface area contributed by atoms with Gasteiger partial charge in [-0.15, -0.1) is 0 Å². The molecule has 0 radical (unpaired) electrons. The van der Waals surface area contributed by atoms with E-state index in [4.69, 9.17) is 14.2 Å². The standard InChI is InChI=1S/C18H26N2O6/c1-5-7-10-25-14-9-8-13(11-15(14)24-6-2)17(22)26-12(3)16(21)20-18(23)19-4/h8-9,11-12H,5-7,10H2,1-4H3,(H2,19,20,21,23)/t12-/m0/s1. The number of urea groups is 1. The third-order valence-electron chi connectivity index (χ3n) is 3.35. The summed E-state index contributed by atoms with van der Waals surface area (Å²) in [5.41, 5.74) is 0.218. The molecule has 1 aromatic rings. The van der Waals surface area contributed by atoms with Gasteiger partial charge in [0.15, 0.2) is 17.6 Å². The van der Waals surface area contributed by atoms with Crippen molar-refractivity contribution in [3.05, 3.63) is 23.8 Å². The summed E-state index contributed by atoms with van der Waals surface area (Å²) in [6.07, 6.45) is 0.786. The van der Waals surface area contributed by atoms with Crippen molar-refractivity contribution in [2.24, 2.45) is 0 Å². The summed E-state index contributed by atoms with van der Waals surface area (Å²) in [5.74, 6) is -0.448. The first-order valence-corrected chi connectivity index (χ1v) is 8.56. The van der Waals surface area contributed by atoms with Gasteiger partial charge in [-0.3, -0.25) is 10.1 Å². The molecule has 0 aliphatic carbocycles. The summed E-state index contributed by atoms with van der Waals surface area (Å²) >= 11 is 0. The van der Waals surface area contributed by atoms with Gasteiger partial charge in [0.1, 0.15) is 0 Å². The molecule has 0 aliphatic heterocycles. The molecule has 1 rings (SSSR count). The van der Waals surface area contributed by atoms with Gasteiger partial charge >= 0.3 is 12.0 Å². The minimum atomic E-state index is -1.13. The van der Waals surface area contributed by atoms with E-state index in [1.807, 2.05) is 12.2 Å². The second-order valence-corrected chi connectivity index (χ2v) is 5.41. The van der Waals surface area contributed by atoms with E-state index in [2.05, 4.69) is 12.2 Å². The van der Waals surface area contributed by atoms with Crippen LogP contribution in [0.25, 0.3) is 0 Å². The Labute approximate surface area is 153 Å². The molecule has 26 heavy (non-hydrogen) atoms. The average Bonchev–Trinajstić information content (AvgIpc) is 2.62. The molecule has 0 saturated heterocycles. The Bertz CT molecular complexity index is 632. The van der Waals surface area contributed by atoms with Gasteiger partial charge in [-0.1, -0.05) is 13.3 Å². The maximum atomic E-state index is 12.2. The number of nitrogens with one attached hydrogen (secondary N) is 2. The monoisotopic (exact) mass is 366 g/mol. The SMILES string of the molecule is CCCCOc1ccc(C(=O)O[C@@H](C)C(=O)NC(=O)NC)cc1OCC. The zero-order chi connectivity index (χ0) is 19.5. The van der Waals surface area contributed by atoms with E-state index in [1.54, 1.807) is 6.07 Å². The minimum absolute atomic E-state index is 0.218. The van der Waals surface area contributed by atoms with Gasteiger partial charge in [-0.05, 0) is 38.5 Å². The Morgan fingerprint density at radius 3 is 2.46 bits per heavy atom. The van der Waals surface area contributed by atoms with Crippen molar-refractivity contribution < 1.29 is 28.6 Å². The molecule has 8 nitrogen and oxygen atoms in total. The van der Waals surface area contributed by atoms with E-state index in [1.165, 1.54) is 26.1 Å². The molecule has 1 atom stereocenters. The first-order valence-electron chi connectivity index (χ1n) is 8.56. The van der Waals surface area contributed by atoms with Crippen LogP contribution in [0, 0.1) is 0 Å². The smallest absolute Gasteiger partial charge is 0.339 e. The van der Waals surface area contributed by atoms with Gasteiger partial charge < -0.3 is 19.5 Å². The van der Waals surface area contributed by atoms with E-state index in [-0.39, 0.29) is 5.56 Å². The molecular weight excluding hydrogens is 340 g/mol. The van der Waals surface area contributed by atoms with Gasteiger partial charge in [0.2, 0.25) is 0 Å². The van der Waals surface area contributed by atoms with Crippen molar-refractivity contribution in [3.8, 4) is 11.5 Å². The molecule has 0 aromatic heterocycles. The van der Waals surface area contributed by atoms with Crippen molar-refractivity contribution in [2.75, 3.05) is 20.3 Å². The molecular formula is C18H26N2O6. The molecule has 0 bridgehead atoms. The number of rotatable bonds is 9. The zero-order valence-corrected chi connectivity index (χ0v) is 15.6. The molecule has 0 unspecified atom stereocenters. The van der Waals surface area contributed by atoms with Crippen LogP contribution in [0.2, 0.25) is 0 Å². The normalized spacial score (nSPS) is 11.2. The van der Waals surface area contributed by atoms with Crippen LogP contribution in [0.3, 0.4) is 0 Å². The molecule has 0 saturated carbocycles. The van der Waals surface area contributed by atoms with Crippen LogP contribution in [-0.2, 0) is 9.53 Å². The highest BCUT2D eigenvalue weighted by atomic mass is 16.5. The first-order chi connectivity index (χ1) is 12.4. The fraction of sp³-hybridized carbons (Fsp3) is 0.500. The Morgan fingerprint density at radius 1 is 1.12 bits per heavy atom. The summed E-state index contributed by atoms with van der Waals surface area (Å²) in [5, 5.41) is 4.29. The predicted molar refractivity (Wildman–Crippen MR) is 95.5 cm³/mol. The third-order valence-corrected chi connectivity index (χ3v) is 3.35. The number of carbonyl (C=O) groups excluding carboxylic acids is 3. The molecule has 0 heterocycles. The summed E-state index contributed by atoms with van der Waals surface area (Å²) in [6.45, 7) is 6.23. The lowest BCUT2D eigenvalue weighted by molar-refractivity contribution is -0.127. The molecule has 3 amide bonds. The van der Waals surface area contributed by atoms with E-state index in [0.29, 0.717) is 24.7 Å². The van der Waals surface area contributed by atoms with Crippen LogP contribution in [-0.4, -0.2) is 44.3 Å². The number of carbonyl (C=O) groups is 3. The Kier molecular flexibility index (Phi) is 8.97. The Hall–Kier alpha value is -2.77. The van der Waals surface area contributed by atoms with Crippen molar-refractivity contribution in [3.63, 3.8) is 0 Å². The van der Waals surface area contributed by atoms with Gasteiger partial charge in [0.25, 0.3) is 5.91 Å². The molecule has 0 spiro atoms. The number of amides is 3. The van der Waals surface area contributed by atoms with Crippen molar-refractivity contribution in [1.29, 1.82) is 0 Å². The fourth-order valence-electron chi connectivity index (χ4n) is 1.91. The quantitative estimate of drug-likeness (QED) is 0.513. The van der Waals surface area contributed by atoms with Crippen LogP contribution in [0.4, 0.5) is 4.79 Å². The van der Waals surface area contributed by atoms with Crippen LogP contribution >= 0.6 is 0 Å². The molecule has 2 N–H and O–H groups in total. The molecule has 144 valence electrons. The van der Waals surface area contributed by atoms with Crippen LogP contribution < -0.4 is 20.1 Å². The topological polar surface area (TPSA) is 103 Å². The van der Waals surface area contributed by atoms with Crippen LogP contribution in [0.15, 0.2) is 18.2 Å². The number of benzene rings is 1. The van der Waals surface area contributed by atoms with Gasteiger partial charge in [-0.25, -0.2) is 9.59 Å². The number of imide groups is 1. The second kappa shape index (κ2) is 11.0.